The van der Waals surface area contributed by atoms with Gasteiger partial charge in [0.1, 0.15) is 30.5 Å². The van der Waals surface area contributed by atoms with Crippen LogP contribution in [-0.2, 0) is 47.9 Å². The molecule has 444 valence electrons. The van der Waals surface area contributed by atoms with E-state index in [1.54, 1.807) is 6.92 Å². The molecule has 17 nitrogen and oxygen atoms in total. The Hall–Kier alpha value is -1.55. The van der Waals surface area contributed by atoms with Crippen molar-refractivity contribution in [1.82, 2.24) is 0 Å². The highest BCUT2D eigenvalue weighted by molar-refractivity contribution is 7.80. The van der Waals surface area contributed by atoms with Crippen molar-refractivity contribution in [3.05, 3.63) is 0 Å². The van der Waals surface area contributed by atoms with E-state index in [-0.39, 0.29) is 18.3 Å². The van der Waals surface area contributed by atoms with E-state index in [4.69, 9.17) is 23.7 Å². The fraction of sp³-hybridized carbons (Fsp3) is 0.965. The average Bonchev–Trinajstić information content (AvgIpc) is 3.37. The lowest BCUT2D eigenvalue weighted by Crippen LogP contribution is -2.65. The van der Waals surface area contributed by atoms with Gasteiger partial charge in [-0.05, 0) is 37.5 Å². The Balaban J connectivity index is 2.01. The quantitative estimate of drug-likeness (QED) is 0.0170. The van der Waals surface area contributed by atoms with Gasteiger partial charge in [-0.15, -0.1) is 0 Å². The third kappa shape index (κ3) is 30.0. The van der Waals surface area contributed by atoms with Crippen molar-refractivity contribution in [1.29, 1.82) is 0 Å². The van der Waals surface area contributed by atoms with Crippen LogP contribution in [0.2, 0.25) is 0 Å². The number of hydrogen-bond donors (Lipinski definition) is 7. The highest BCUT2D eigenvalue weighted by Gasteiger charge is 2.54. The minimum absolute atomic E-state index is 0.0212. The van der Waals surface area contributed by atoms with Crippen molar-refractivity contribution in [3.63, 3.8) is 0 Å². The Morgan fingerprint density at radius 3 is 1.35 bits per heavy atom. The third-order valence-corrected chi connectivity index (χ3v) is 15.8. The second kappa shape index (κ2) is 41.5. The first-order chi connectivity index (χ1) is 36.0. The zero-order valence-corrected chi connectivity index (χ0v) is 48.0. The number of esters is 2. The van der Waals surface area contributed by atoms with Crippen LogP contribution in [0.15, 0.2) is 0 Å². The molecule has 0 saturated carbocycles. The summed E-state index contributed by atoms with van der Waals surface area (Å²) in [4.78, 5) is 27.5. The fourth-order valence-electron chi connectivity index (χ4n) is 10.7. The second-order valence-electron chi connectivity index (χ2n) is 22.4. The molecule has 2 heterocycles. The van der Waals surface area contributed by atoms with Gasteiger partial charge in [-0.3, -0.25) is 14.1 Å². The molecule has 0 aliphatic carbocycles. The minimum atomic E-state index is -5.32. The van der Waals surface area contributed by atoms with E-state index >= 15 is 0 Å². The molecule has 18 heteroatoms. The Bertz CT molecular complexity index is 1540. The number of carbonyl (C=O) groups is 2. The summed E-state index contributed by atoms with van der Waals surface area (Å²) < 4.78 is 66.9. The van der Waals surface area contributed by atoms with Gasteiger partial charge in [0.25, 0.3) is 0 Å². The van der Waals surface area contributed by atoms with E-state index in [9.17, 15) is 53.2 Å². The molecule has 0 aromatic heterocycles. The SMILES string of the molecule is CCCCCCCCCCCCCCCCCC(=O)O[C@@H]1[C@H](O[C@H]2O[C@H](CO)[C@@H](O)[C@H](O)[C@H]2OS(=O)(=O)O)O[C@@H](CO)[C@H](O)[C@H]1OC(=O)[C@H](C)C[C@@H](C)C[C@@H](C)[C@@H](O)CCCCCCCCCCCCCCCCC. The van der Waals surface area contributed by atoms with E-state index in [2.05, 4.69) is 18.0 Å². The number of rotatable bonds is 46. The van der Waals surface area contributed by atoms with Gasteiger partial charge in [-0.1, -0.05) is 221 Å². The molecular weight excluding hydrogens is 989 g/mol. The first-order valence-electron chi connectivity index (χ1n) is 29.9. The maximum atomic E-state index is 13.9. The Labute approximate surface area is 453 Å². The lowest BCUT2D eigenvalue weighted by atomic mass is 9.86. The Morgan fingerprint density at radius 2 is 0.920 bits per heavy atom. The first kappa shape index (κ1) is 69.6. The van der Waals surface area contributed by atoms with Crippen molar-refractivity contribution >= 4 is 22.3 Å². The molecule has 0 radical (unpaired) electrons. The van der Waals surface area contributed by atoms with Crippen LogP contribution in [0, 0.1) is 17.8 Å². The molecule has 2 aliphatic heterocycles. The minimum Gasteiger partial charge on any atom is -0.455 e. The summed E-state index contributed by atoms with van der Waals surface area (Å²) in [5, 5.41) is 64.1. The highest BCUT2D eigenvalue weighted by atomic mass is 32.3. The van der Waals surface area contributed by atoms with E-state index in [0.717, 1.165) is 51.4 Å². The lowest BCUT2D eigenvalue weighted by Gasteiger charge is -2.46. The lowest BCUT2D eigenvalue weighted by molar-refractivity contribution is -0.374. The molecule has 0 amide bonds. The van der Waals surface area contributed by atoms with Crippen molar-refractivity contribution in [2.45, 2.75) is 320 Å². The summed E-state index contributed by atoms with van der Waals surface area (Å²) >= 11 is 0. The van der Waals surface area contributed by atoms with E-state index < -0.39 is 109 Å². The van der Waals surface area contributed by atoms with E-state index in [0.29, 0.717) is 25.7 Å². The first-order valence-corrected chi connectivity index (χ1v) is 31.3. The number of ether oxygens (including phenoxy) is 5. The average molecular weight is 1100 g/mol. The summed E-state index contributed by atoms with van der Waals surface area (Å²) in [6, 6.07) is 0. The van der Waals surface area contributed by atoms with Gasteiger partial charge in [0.05, 0.1) is 25.2 Å². The van der Waals surface area contributed by atoms with Crippen LogP contribution in [0.25, 0.3) is 0 Å². The molecular formula is C57H108O17S. The van der Waals surface area contributed by atoms with Gasteiger partial charge in [0.2, 0.25) is 6.29 Å². The van der Waals surface area contributed by atoms with Gasteiger partial charge in [0.15, 0.2) is 24.6 Å². The monoisotopic (exact) mass is 1100 g/mol. The molecule has 75 heavy (non-hydrogen) atoms. The van der Waals surface area contributed by atoms with Crippen LogP contribution < -0.4 is 0 Å². The van der Waals surface area contributed by atoms with Crippen LogP contribution in [0.3, 0.4) is 0 Å². The van der Waals surface area contributed by atoms with Crippen molar-refractivity contribution in [2.24, 2.45) is 17.8 Å². The topological polar surface area (TPSA) is 265 Å². The van der Waals surface area contributed by atoms with Gasteiger partial charge in [-0.25, -0.2) is 4.18 Å². The van der Waals surface area contributed by atoms with E-state index in [1.807, 2.05) is 13.8 Å². The number of unbranched alkanes of at least 4 members (excludes halogenated alkanes) is 28. The Kier molecular flexibility index (Phi) is 38.5. The van der Waals surface area contributed by atoms with Crippen LogP contribution in [0.5, 0.6) is 0 Å². The summed E-state index contributed by atoms with van der Waals surface area (Å²) in [7, 11) is -5.32. The maximum Gasteiger partial charge on any atom is 0.397 e. The molecule has 2 rings (SSSR count). The van der Waals surface area contributed by atoms with Gasteiger partial charge < -0.3 is 54.3 Å². The third-order valence-electron chi connectivity index (χ3n) is 15.3. The number of hydrogen-bond acceptors (Lipinski definition) is 16. The molecule has 2 fully saturated rings. The predicted molar refractivity (Wildman–Crippen MR) is 289 cm³/mol. The number of aliphatic hydroxyl groups excluding tert-OH is 6. The standard InChI is InChI=1S/C57H108O17S/c1-6-8-10-12-14-16-18-20-22-24-26-28-30-32-34-36-45(60)43(4)38-42(3)39-44(5)55(65)72-52-50(63)47(41-59)70-57(73-56-53(74-75(66,67)68)51(64)49(62)46(40-58)69-56)54(52)71-48(61)37-35-33-31-29-27-25-23-21-19-17-15-13-11-9-7-2/h42-47,49-54,56-60,62-64H,6-41H2,1-5H3,(H,66,67,68)/t42-,43+,44+,45-,46+,47-,49+,50-,51-,52+,53+,54-,56+,57-/m0/s1. The van der Waals surface area contributed by atoms with Crippen LogP contribution >= 0.6 is 0 Å². The predicted octanol–water partition coefficient (Wildman–Crippen LogP) is 10.1. The molecule has 7 N–H and O–H groups in total. The summed E-state index contributed by atoms with van der Waals surface area (Å²) in [5.74, 6) is -2.32. The van der Waals surface area contributed by atoms with Crippen LogP contribution in [-0.4, -0.2) is 136 Å². The smallest absolute Gasteiger partial charge is 0.397 e. The molecule has 0 aromatic rings. The maximum absolute atomic E-state index is 13.9. The van der Waals surface area contributed by atoms with Crippen molar-refractivity contribution < 1.29 is 81.1 Å². The van der Waals surface area contributed by atoms with E-state index in [1.165, 1.54) is 135 Å². The zero-order valence-electron chi connectivity index (χ0n) is 47.2. The zero-order chi connectivity index (χ0) is 55.4. The Morgan fingerprint density at radius 1 is 0.520 bits per heavy atom. The van der Waals surface area contributed by atoms with Crippen LogP contribution in [0.1, 0.15) is 253 Å². The normalized spacial score (nSPS) is 25.9. The molecule has 0 unspecified atom stereocenters. The molecule has 14 atom stereocenters. The molecule has 2 aliphatic rings. The molecule has 0 bridgehead atoms. The fourth-order valence-corrected chi connectivity index (χ4v) is 11.1. The molecule has 0 spiro atoms. The van der Waals surface area contributed by atoms with Crippen LogP contribution in [0.4, 0.5) is 0 Å². The largest absolute Gasteiger partial charge is 0.455 e. The highest BCUT2D eigenvalue weighted by Crippen LogP contribution is 2.34. The van der Waals surface area contributed by atoms with Gasteiger partial charge in [-0.2, -0.15) is 8.42 Å². The number of carbonyl (C=O) groups excluding carboxylic acids is 2. The van der Waals surface area contributed by atoms with Gasteiger partial charge >= 0.3 is 22.3 Å². The molecule has 2 saturated heterocycles. The van der Waals surface area contributed by atoms with Crippen molar-refractivity contribution in [2.75, 3.05) is 13.2 Å². The van der Waals surface area contributed by atoms with Crippen molar-refractivity contribution in [3.8, 4) is 0 Å². The molecule has 0 aromatic carbocycles. The summed E-state index contributed by atoms with van der Waals surface area (Å²) in [6.07, 6.45) is 18.7. The number of aliphatic hydroxyl groups is 6. The summed E-state index contributed by atoms with van der Waals surface area (Å²) in [5.41, 5.74) is 0. The summed E-state index contributed by atoms with van der Waals surface area (Å²) in [6.45, 7) is 8.39. The van der Waals surface area contributed by atoms with Gasteiger partial charge in [0, 0.05) is 6.42 Å². The second-order valence-corrected chi connectivity index (χ2v) is 23.4.